The first-order valence-corrected chi connectivity index (χ1v) is 8.82. The Bertz CT molecular complexity index is 611. The number of nitrogens with one attached hydrogen (secondary N) is 2. The van der Waals surface area contributed by atoms with Gasteiger partial charge in [-0.05, 0) is 43.5 Å². The van der Waals surface area contributed by atoms with Crippen molar-refractivity contribution in [2.24, 2.45) is 5.41 Å². The quantitative estimate of drug-likeness (QED) is 0.828. The van der Waals surface area contributed by atoms with Gasteiger partial charge in [0.2, 0.25) is 10.0 Å². The maximum Gasteiger partial charge on any atom is 0.243 e. The molecule has 0 radical (unpaired) electrons. The molecule has 0 atom stereocenters. The lowest BCUT2D eigenvalue weighted by Gasteiger charge is -2.34. The molecule has 0 unspecified atom stereocenters. The third-order valence-corrected chi connectivity index (χ3v) is 6.05. The maximum absolute atomic E-state index is 13.1. The number of hydrogen-bond donors (Lipinski definition) is 2. The van der Waals surface area contributed by atoms with Crippen LogP contribution in [0.4, 0.5) is 4.39 Å². The summed E-state index contributed by atoms with van der Waals surface area (Å²) in [5.74, 6) is -0.672. The Morgan fingerprint density at radius 3 is 2.27 bits per heavy atom. The van der Waals surface area contributed by atoms with Gasteiger partial charge in [0.15, 0.2) is 0 Å². The molecule has 1 aliphatic heterocycles. The zero-order valence-electron chi connectivity index (χ0n) is 12.0. The summed E-state index contributed by atoms with van der Waals surface area (Å²) < 4.78 is 40.4. The van der Waals surface area contributed by atoms with E-state index in [-0.39, 0.29) is 32.8 Å². The molecule has 1 heterocycles. The molecule has 9 heteroatoms. The summed E-state index contributed by atoms with van der Waals surface area (Å²) in [7, 11) is -3.88. The van der Waals surface area contributed by atoms with Crippen LogP contribution in [-0.2, 0) is 10.0 Å². The number of hydrogen-bond acceptors (Lipinski definition) is 3. The van der Waals surface area contributed by atoms with E-state index in [4.69, 9.17) is 23.2 Å². The third kappa shape index (κ3) is 4.69. The van der Waals surface area contributed by atoms with Gasteiger partial charge in [0.1, 0.15) is 10.7 Å². The Hall–Kier alpha value is -0.110. The molecule has 0 spiro atoms. The highest BCUT2D eigenvalue weighted by Gasteiger charge is 2.30. The molecule has 22 heavy (non-hydrogen) atoms. The Morgan fingerprint density at radius 1 is 1.27 bits per heavy atom. The SMILES string of the molecule is CC1(CNS(=O)(=O)c2c(Cl)cc(F)cc2Cl)CCNCC1.Cl. The standard InChI is InChI=1S/C13H17Cl2FN2O2S.ClH/c1-13(2-4-17-5-3-13)8-18-21(19,20)12-10(14)6-9(16)7-11(12)15;/h6-7,17-18H,2-5,8H2,1H3;1H. The van der Waals surface area contributed by atoms with Crippen molar-refractivity contribution in [3.05, 3.63) is 28.0 Å². The van der Waals surface area contributed by atoms with E-state index in [2.05, 4.69) is 10.0 Å². The molecule has 1 saturated heterocycles. The third-order valence-electron chi connectivity index (χ3n) is 3.73. The van der Waals surface area contributed by atoms with Gasteiger partial charge >= 0.3 is 0 Å². The molecule has 2 rings (SSSR count). The van der Waals surface area contributed by atoms with E-state index in [1.165, 1.54) is 0 Å². The van der Waals surface area contributed by atoms with E-state index in [1.54, 1.807) is 0 Å². The molecule has 2 N–H and O–H groups in total. The van der Waals surface area contributed by atoms with Crippen molar-refractivity contribution < 1.29 is 12.8 Å². The molecule has 1 aliphatic rings. The van der Waals surface area contributed by atoms with Gasteiger partial charge in [-0.25, -0.2) is 17.5 Å². The first-order valence-electron chi connectivity index (χ1n) is 6.58. The summed E-state index contributed by atoms with van der Waals surface area (Å²) in [6.45, 7) is 4.04. The highest BCUT2D eigenvalue weighted by molar-refractivity contribution is 7.89. The minimum absolute atomic E-state index is 0. The Morgan fingerprint density at radius 2 is 1.77 bits per heavy atom. The lowest BCUT2D eigenvalue weighted by molar-refractivity contribution is 0.232. The molecule has 0 amide bonds. The first-order chi connectivity index (χ1) is 9.73. The summed E-state index contributed by atoms with van der Waals surface area (Å²) in [5.41, 5.74) is -0.114. The van der Waals surface area contributed by atoms with Crippen LogP contribution >= 0.6 is 35.6 Å². The number of benzene rings is 1. The monoisotopic (exact) mass is 390 g/mol. The van der Waals surface area contributed by atoms with Crippen molar-refractivity contribution in [2.45, 2.75) is 24.7 Å². The van der Waals surface area contributed by atoms with Crippen LogP contribution in [0.15, 0.2) is 17.0 Å². The fraction of sp³-hybridized carbons (Fsp3) is 0.538. The van der Waals surface area contributed by atoms with Crippen LogP contribution in [0.5, 0.6) is 0 Å². The van der Waals surface area contributed by atoms with Crippen molar-refractivity contribution in [3.63, 3.8) is 0 Å². The first kappa shape index (κ1) is 19.9. The number of piperidine rings is 1. The van der Waals surface area contributed by atoms with Crippen molar-refractivity contribution in [1.29, 1.82) is 0 Å². The summed E-state index contributed by atoms with van der Waals surface area (Å²) in [6.07, 6.45) is 1.75. The van der Waals surface area contributed by atoms with E-state index >= 15 is 0 Å². The zero-order chi connectivity index (χ0) is 15.7. The van der Waals surface area contributed by atoms with E-state index in [0.29, 0.717) is 6.54 Å². The Labute approximate surface area is 146 Å². The van der Waals surface area contributed by atoms with E-state index < -0.39 is 15.8 Å². The summed E-state index contributed by atoms with van der Waals surface area (Å²) in [5, 5.41) is 2.79. The van der Waals surface area contributed by atoms with Crippen LogP contribution in [0.2, 0.25) is 10.0 Å². The maximum atomic E-state index is 13.1. The number of halogens is 4. The van der Waals surface area contributed by atoms with E-state index in [9.17, 15) is 12.8 Å². The van der Waals surface area contributed by atoms with Crippen molar-refractivity contribution in [2.75, 3.05) is 19.6 Å². The molecule has 0 saturated carbocycles. The normalized spacial score (nSPS) is 17.8. The second-order valence-corrected chi connectivity index (χ2v) is 8.10. The molecule has 0 aliphatic carbocycles. The van der Waals surface area contributed by atoms with Crippen LogP contribution in [0, 0.1) is 11.2 Å². The molecular formula is C13H18Cl3FN2O2S. The van der Waals surface area contributed by atoms with Crippen LogP contribution in [0.25, 0.3) is 0 Å². The second kappa shape index (κ2) is 7.64. The second-order valence-electron chi connectivity index (χ2n) is 5.58. The van der Waals surface area contributed by atoms with Crippen LogP contribution in [0.1, 0.15) is 19.8 Å². The average Bonchev–Trinajstić information content (AvgIpc) is 2.36. The summed E-state index contributed by atoms with van der Waals surface area (Å²) in [6, 6.07) is 1.88. The summed E-state index contributed by atoms with van der Waals surface area (Å²) in [4.78, 5) is -0.273. The van der Waals surface area contributed by atoms with Gasteiger partial charge < -0.3 is 5.32 Å². The predicted octanol–water partition coefficient (Wildman–Crippen LogP) is 3.22. The highest BCUT2D eigenvalue weighted by Crippen LogP contribution is 2.32. The zero-order valence-corrected chi connectivity index (χ0v) is 15.1. The van der Waals surface area contributed by atoms with Gasteiger partial charge in [-0.15, -0.1) is 12.4 Å². The van der Waals surface area contributed by atoms with E-state index in [1.807, 2.05) is 6.92 Å². The van der Waals surface area contributed by atoms with Gasteiger partial charge in [0, 0.05) is 6.54 Å². The van der Waals surface area contributed by atoms with Crippen molar-refractivity contribution in [1.82, 2.24) is 10.0 Å². The largest absolute Gasteiger partial charge is 0.317 e. The molecular weight excluding hydrogens is 374 g/mol. The minimum Gasteiger partial charge on any atom is -0.317 e. The number of sulfonamides is 1. The lowest BCUT2D eigenvalue weighted by Crippen LogP contribution is -2.42. The van der Waals surface area contributed by atoms with Crippen LogP contribution in [-0.4, -0.2) is 28.1 Å². The van der Waals surface area contributed by atoms with Crippen LogP contribution in [0.3, 0.4) is 0 Å². The highest BCUT2D eigenvalue weighted by atomic mass is 35.5. The molecule has 1 aromatic rings. The molecule has 126 valence electrons. The van der Waals surface area contributed by atoms with E-state index in [0.717, 1.165) is 38.1 Å². The van der Waals surface area contributed by atoms with Crippen molar-refractivity contribution in [3.8, 4) is 0 Å². The fourth-order valence-electron chi connectivity index (χ4n) is 2.33. The smallest absolute Gasteiger partial charge is 0.243 e. The predicted molar refractivity (Wildman–Crippen MR) is 89.1 cm³/mol. The molecule has 4 nitrogen and oxygen atoms in total. The molecule has 1 aromatic carbocycles. The topological polar surface area (TPSA) is 58.2 Å². The molecule has 0 aromatic heterocycles. The van der Waals surface area contributed by atoms with Gasteiger partial charge in [0.25, 0.3) is 0 Å². The van der Waals surface area contributed by atoms with Gasteiger partial charge in [0.05, 0.1) is 10.0 Å². The average molecular weight is 392 g/mol. The Kier molecular flexibility index (Phi) is 6.92. The summed E-state index contributed by atoms with van der Waals surface area (Å²) >= 11 is 11.6. The Balaban J connectivity index is 0.00000242. The van der Waals surface area contributed by atoms with Gasteiger partial charge in [-0.3, -0.25) is 0 Å². The minimum atomic E-state index is -3.88. The lowest BCUT2D eigenvalue weighted by atomic mass is 9.81. The fourth-order valence-corrected chi connectivity index (χ4v) is 4.72. The molecule has 1 fully saturated rings. The van der Waals surface area contributed by atoms with Crippen LogP contribution < -0.4 is 10.0 Å². The number of rotatable bonds is 4. The van der Waals surface area contributed by atoms with Crippen molar-refractivity contribution >= 4 is 45.6 Å². The van der Waals surface area contributed by atoms with Gasteiger partial charge in [-0.2, -0.15) is 0 Å². The van der Waals surface area contributed by atoms with Gasteiger partial charge in [-0.1, -0.05) is 30.1 Å². The molecule has 0 bridgehead atoms.